The molecule has 1 saturated heterocycles. The summed E-state index contributed by atoms with van der Waals surface area (Å²) >= 11 is 1.43. The number of aromatic nitrogens is 1. The lowest BCUT2D eigenvalue weighted by Gasteiger charge is -2.44. The van der Waals surface area contributed by atoms with Crippen LogP contribution in [0.5, 0.6) is 5.75 Å². The van der Waals surface area contributed by atoms with Crippen LogP contribution in [0.2, 0.25) is 0 Å². The zero-order chi connectivity index (χ0) is 20.1. The van der Waals surface area contributed by atoms with Gasteiger partial charge in [-0.15, -0.1) is 11.3 Å². The van der Waals surface area contributed by atoms with E-state index in [0.717, 1.165) is 36.9 Å². The third kappa shape index (κ3) is 4.55. The maximum atomic E-state index is 13.5. The minimum absolute atomic E-state index is 0.119. The number of urea groups is 1. The number of hydrogen-bond acceptors (Lipinski definition) is 6. The van der Waals surface area contributed by atoms with Gasteiger partial charge in [0.15, 0.2) is 5.13 Å². The summed E-state index contributed by atoms with van der Waals surface area (Å²) in [5, 5.41) is 5.39. The summed E-state index contributed by atoms with van der Waals surface area (Å²) in [6.45, 7) is 3.15. The van der Waals surface area contributed by atoms with Crippen LogP contribution in [0.4, 0.5) is 14.3 Å². The number of halogens is 1. The molecule has 0 saturated carbocycles. The van der Waals surface area contributed by atoms with E-state index in [2.05, 4.69) is 10.3 Å². The molecule has 9 heteroatoms. The number of thiazole rings is 1. The Hall–Kier alpha value is -2.77. The van der Waals surface area contributed by atoms with Crippen molar-refractivity contribution in [2.45, 2.75) is 38.2 Å². The van der Waals surface area contributed by atoms with E-state index in [1.54, 1.807) is 11.0 Å². The Labute approximate surface area is 165 Å². The first-order chi connectivity index (χ1) is 13.4. The number of ether oxygens (including phenoxy) is 1. The number of likely N-dealkylation sites (tertiary alicyclic amines) is 1. The van der Waals surface area contributed by atoms with Crippen LogP contribution < -0.4 is 10.1 Å². The number of nitrogens with zero attached hydrogens (tertiary/aromatic N) is 2. The van der Waals surface area contributed by atoms with Crippen LogP contribution in [0.3, 0.4) is 0 Å². The van der Waals surface area contributed by atoms with Crippen molar-refractivity contribution in [3.05, 3.63) is 40.7 Å². The van der Waals surface area contributed by atoms with Crippen LogP contribution in [-0.4, -0.2) is 40.8 Å². The number of carbonyl (C=O) groups is 1. The highest BCUT2D eigenvalue weighted by Crippen LogP contribution is 2.39. The van der Waals surface area contributed by atoms with Crippen molar-refractivity contribution in [2.75, 3.05) is 18.4 Å². The van der Waals surface area contributed by atoms with Gasteiger partial charge in [-0.05, 0) is 31.4 Å². The standard InChI is InChI=1S/C18H20FN3O2S.CO2/c1-12-11-25-16(20-12)21-17(23)22-8-6-18(7-9-22)5-4-13-2-3-14(19)10-15(13)24-18;2-1-3/h2-3,10-11H,4-9H2,1H3,(H,20,21,23);. The van der Waals surface area contributed by atoms with E-state index in [-0.39, 0.29) is 23.6 Å². The van der Waals surface area contributed by atoms with E-state index in [1.165, 1.54) is 23.5 Å². The van der Waals surface area contributed by atoms with Crippen LogP contribution in [0.15, 0.2) is 23.6 Å². The minimum Gasteiger partial charge on any atom is -0.487 e. The maximum Gasteiger partial charge on any atom is 0.373 e. The molecular formula is C19H20FN3O4S. The highest BCUT2D eigenvalue weighted by molar-refractivity contribution is 7.13. The zero-order valence-corrected chi connectivity index (χ0v) is 16.2. The molecule has 0 radical (unpaired) electrons. The number of piperidine rings is 1. The van der Waals surface area contributed by atoms with Crippen LogP contribution in [0, 0.1) is 12.7 Å². The average molecular weight is 405 g/mol. The topological polar surface area (TPSA) is 88.6 Å². The molecule has 1 aromatic carbocycles. The van der Waals surface area contributed by atoms with Gasteiger partial charge >= 0.3 is 12.2 Å². The van der Waals surface area contributed by atoms with Crippen molar-refractivity contribution < 1.29 is 23.5 Å². The lowest BCUT2D eigenvalue weighted by molar-refractivity contribution is -0.191. The van der Waals surface area contributed by atoms with E-state index in [4.69, 9.17) is 14.3 Å². The monoisotopic (exact) mass is 405 g/mol. The Bertz CT molecular complexity index is 887. The molecule has 1 fully saturated rings. The number of aryl methyl sites for hydroxylation is 2. The first-order valence-electron chi connectivity index (χ1n) is 8.89. The summed E-state index contributed by atoms with van der Waals surface area (Å²) in [6, 6.07) is 4.63. The van der Waals surface area contributed by atoms with Gasteiger partial charge in [0.25, 0.3) is 0 Å². The molecule has 0 bridgehead atoms. The molecule has 7 nitrogen and oxygen atoms in total. The summed E-state index contributed by atoms with van der Waals surface area (Å²) in [5.41, 5.74) is 1.68. The van der Waals surface area contributed by atoms with Crippen molar-refractivity contribution in [1.82, 2.24) is 9.88 Å². The molecule has 2 aliphatic rings. The van der Waals surface area contributed by atoms with Crippen LogP contribution in [-0.2, 0) is 16.0 Å². The Morgan fingerprint density at radius 2 is 2.04 bits per heavy atom. The minimum atomic E-state index is -0.282. The van der Waals surface area contributed by atoms with Crippen molar-refractivity contribution in [2.24, 2.45) is 0 Å². The van der Waals surface area contributed by atoms with E-state index in [9.17, 15) is 9.18 Å². The van der Waals surface area contributed by atoms with Gasteiger partial charge in [-0.3, -0.25) is 5.32 Å². The summed E-state index contributed by atoms with van der Waals surface area (Å²) in [7, 11) is 0. The summed E-state index contributed by atoms with van der Waals surface area (Å²) in [5.74, 6) is 0.383. The zero-order valence-electron chi connectivity index (χ0n) is 15.4. The molecule has 4 rings (SSSR count). The largest absolute Gasteiger partial charge is 0.487 e. The van der Waals surface area contributed by atoms with Gasteiger partial charge in [0.05, 0.1) is 5.69 Å². The van der Waals surface area contributed by atoms with Gasteiger partial charge < -0.3 is 9.64 Å². The van der Waals surface area contributed by atoms with Gasteiger partial charge in [0, 0.05) is 37.4 Å². The Morgan fingerprint density at radius 1 is 1.32 bits per heavy atom. The normalized spacial score (nSPS) is 16.9. The van der Waals surface area contributed by atoms with Crippen molar-refractivity contribution in [1.29, 1.82) is 0 Å². The molecule has 0 atom stereocenters. The number of fused-ring (bicyclic) bond motifs is 1. The second-order valence-corrected chi connectivity index (χ2v) is 7.69. The smallest absolute Gasteiger partial charge is 0.373 e. The molecule has 28 heavy (non-hydrogen) atoms. The predicted octanol–water partition coefficient (Wildman–Crippen LogP) is 3.40. The van der Waals surface area contributed by atoms with E-state index < -0.39 is 0 Å². The lowest BCUT2D eigenvalue weighted by atomic mass is 9.83. The fourth-order valence-corrected chi connectivity index (χ4v) is 4.21. The van der Waals surface area contributed by atoms with Crippen molar-refractivity contribution in [3.63, 3.8) is 0 Å². The van der Waals surface area contributed by atoms with Gasteiger partial charge in [-0.2, -0.15) is 9.59 Å². The molecule has 1 spiro atoms. The van der Waals surface area contributed by atoms with Crippen LogP contribution >= 0.6 is 11.3 Å². The molecule has 2 aromatic rings. The number of carbonyl (C=O) groups excluding carboxylic acids is 3. The van der Waals surface area contributed by atoms with E-state index >= 15 is 0 Å². The average Bonchev–Trinajstić information content (AvgIpc) is 3.07. The summed E-state index contributed by atoms with van der Waals surface area (Å²) < 4.78 is 19.7. The van der Waals surface area contributed by atoms with Crippen LogP contribution in [0.1, 0.15) is 30.5 Å². The molecule has 1 N–H and O–H groups in total. The number of hydrogen-bond donors (Lipinski definition) is 1. The molecule has 0 unspecified atom stereocenters. The first kappa shape index (κ1) is 20.0. The third-order valence-corrected chi connectivity index (χ3v) is 5.88. The maximum absolute atomic E-state index is 13.5. The Morgan fingerprint density at radius 3 is 2.68 bits per heavy atom. The quantitative estimate of drug-likeness (QED) is 0.786. The SMILES string of the molecule is Cc1csc(NC(=O)N2CCC3(CCc4ccc(F)cc4O3)CC2)n1.O=C=O. The molecule has 2 amide bonds. The Kier molecular flexibility index (Phi) is 6.06. The molecule has 1 aromatic heterocycles. The van der Waals surface area contributed by atoms with Crippen molar-refractivity contribution >= 4 is 28.7 Å². The van der Waals surface area contributed by atoms with Gasteiger partial charge in [0.1, 0.15) is 17.2 Å². The number of nitrogens with one attached hydrogen (secondary N) is 1. The number of benzene rings is 1. The molecule has 0 aliphatic carbocycles. The van der Waals surface area contributed by atoms with Gasteiger partial charge in [0.2, 0.25) is 0 Å². The second-order valence-electron chi connectivity index (χ2n) is 6.83. The predicted molar refractivity (Wildman–Crippen MR) is 99.8 cm³/mol. The summed E-state index contributed by atoms with van der Waals surface area (Å²) in [4.78, 5) is 34.7. The highest BCUT2D eigenvalue weighted by atomic mass is 32.1. The van der Waals surface area contributed by atoms with Gasteiger partial charge in [-0.1, -0.05) is 6.07 Å². The van der Waals surface area contributed by atoms with E-state index in [1.807, 2.05) is 12.3 Å². The molecule has 3 heterocycles. The molecule has 148 valence electrons. The fourth-order valence-electron chi connectivity index (χ4n) is 3.53. The number of rotatable bonds is 1. The second kappa shape index (κ2) is 8.50. The highest BCUT2D eigenvalue weighted by Gasteiger charge is 2.40. The molecular weight excluding hydrogens is 385 g/mol. The fraction of sp³-hybridized carbons (Fsp3) is 0.421. The first-order valence-corrected chi connectivity index (χ1v) is 9.77. The van der Waals surface area contributed by atoms with Crippen LogP contribution in [0.25, 0.3) is 0 Å². The number of amides is 2. The molecule has 2 aliphatic heterocycles. The van der Waals surface area contributed by atoms with Gasteiger partial charge in [-0.25, -0.2) is 14.2 Å². The number of anilines is 1. The van der Waals surface area contributed by atoms with Crippen molar-refractivity contribution in [3.8, 4) is 5.75 Å². The lowest BCUT2D eigenvalue weighted by Crippen LogP contribution is -2.52. The summed E-state index contributed by atoms with van der Waals surface area (Å²) in [6.07, 6.45) is 3.56. The van der Waals surface area contributed by atoms with E-state index in [0.29, 0.717) is 24.0 Å². The third-order valence-electron chi connectivity index (χ3n) is 5.00. The Balaban J connectivity index is 0.000000706.